The number of aliphatic hydroxyl groups excluding tert-OH is 2. The molecule has 0 saturated heterocycles. The predicted molar refractivity (Wildman–Crippen MR) is 287 cm³/mol. The van der Waals surface area contributed by atoms with E-state index in [0.29, 0.717) is 19.3 Å². The lowest BCUT2D eigenvalue weighted by atomic mass is 10.0. The summed E-state index contributed by atoms with van der Waals surface area (Å²) in [5, 5.41) is 23.9. The standard InChI is InChI=1S/C60H111NO5/c1-4-7-10-13-16-19-22-25-28-30-32-34-37-40-43-46-49-52-58(63)57(55-62)61-59(64)54-56(51-48-45-42-39-36-33-31-29-26-23-20-17-14-11-8-5-2)66-60(65)53-50-47-44-41-38-35-27-24-21-18-15-12-9-6-3/h23,26,29,31,33,35-36,38,56-58,62-63H,4-22,24-25,27-28,30,32,34,37,39-55H2,1-3H3,(H,61,64)/b26-23+,31-29+,36-33+,38-35-. The van der Waals surface area contributed by atoms with Gasteiger partial charge in [-0.25, -0.2) is 0 Å². The molecule has 0 aliphatic heterocycles. The Labute approximate surface area is 410 Å². The van der Waals surface area contributed by atoms with Crippen LogP contribution in [0.25, 0.3) is 0 Å². The number of amides is 1. The number of nitrogens with one attached hydrogen (secondary N) is 1. The molecule has 0 aromatic heterocycles. The van der Waals surface area contributed by atoms with Gasteiger partial charge >= 0.3 is 5.97 Å². The number of unbranched alkanes of at least 4 members (excludes halogenated alkanes) is 34. The van der Waals surface area contributed by atoms with Crippen molar-refractivity contribution in [2.75, 3.05) is 6.61 Å². The van der Waals surface area contributed by atoms with Gasteiger partial charge in [0.25, 0.3) is 0 Å². The molecule has 6 nitrogen and oxygen atoms in total. The Hall–Kier alpha value is -2.18. The van der Waals surface area contributed by atoms with Crippen LogP contribution in [0.2, 0.25) is 0 Å². The van der Waals surface area contributed by atoms with Crippen LogP contribution in [-0.2, 0) is 14.3 Å². The number of carbonyl (C=O) groups is 2. The quantitative estimate of drug-likeness (QED) is 0.0244. The minimum absolute atomic E-state index is 0.0502. The molecule has 0 bridgehead atoms. The first-order chi connectivity index (χ1) is 32.5. The molecule has 386 valence electrons. The fourth-order valence-electron chi connectivity index (χ4n) is 8.78. The lowest BCUT2D eigenvalue weighted by molar-refractivity contribution is -0.151. The van der Waals surface area contributed by atoms with E-state index in [0.717, 1.165) is 83.5 Å². The van der Waals surface area contributed by atoms with Gasteiger partial charge in [-0.05, 0) is 77.0 Å². The molecule has 1 amide bonds. The first-order valence-corrected chi connectivity index (χ1v) is 28.9. The molecule has 0 fully saturated rings. The van der Waals surface area contributed by atoms with Crippen LogP contribution in [0.3, 0.4) is 0 Å². The molecular formula is C60H111NO5. The summed E-state index contributed by atoms with van der Waals surface area (Å²) in [6.07, 6.45) is 66.0. The lowest BCUT2D eigenvalue weighted by Gasteiger charge is -2.24. The van der Waals surface area contributed by atoms with E-state index in [1.807, 2.05) is 0 Å². The number of ether oxygens (including phenoxy) is 1. The van der Waals surface area contributed by atoms with Gasteiger partial charge in [0.1, 0.15) is 6.10 Å². The molecule has 3 N–H and O–H groups in total. The van der Waals surface area contributed by atoms with Crippen molar-refractivity contribution in [3.05, 3.63) is 48.6 Å². The molecule has 6 heteroatoms. The van der Waals surface area contributed by atoms with Gasteiger partial charge < -0.3 is 20.3 Å². The average Bonchev–Trinajstić information content (AvgIpc) is 3.31. The maximum Gasteiger partial charge on any atom is 0.306 e. The number of hydrogen-bond acceptors (Lipinski definition) is 5. The Morgan fingerprint density at radius 1 is 0.439 bits per heavy atom. The van der Waals surface area contributed by atoms with Crippen LogP contribution < -0.4 is 5.32 Å². The molecule has 0 saturated carbocycles. The van der Waals surface area contributed by atoms with Crippen LogP contribution >= 0.6 is 0 Å². The summed E-state index contributed by atoms with van der Waals surface area (Å²) in [6, 6.07) is -0.716. The molecule has 66 heavy (non-hydrogen) atoms. The van der Waals surface area contributed by atoms with Crippen molar-refractivity contribution in [1.29, 1.82) is 0 Å². The van der Waals surface area contributed by atoms with Crippen molar-refractivity contribution in [3.63, 3.8) is 0 Å². The van der Waals surface area contributed by atoms with E-state index in [2.05, 4.69) is 74.7 Å². The summed E-state index contributed by atoms with van der Waals surface area (Å²) >= 11 is 0. The zero-order valence-corrected chi connectivity index (χ0v) is 44.1. The largest absolute Gasteiger partial charge is 0.462 e. The Morgan fingerprint density at radius 3 is 1.21 bits per heavy atom. The molecule has 0 rings (SSSR count). The zero-order chi connectivity index (χ0) is 48.1. The van der Waals surface area contributed by atoms with Crippen molar-refractivity contribution in [1.82, 2.24) is 5.32 Å². The van der Waals surface area contributed by atoms with E-state index < -0.39 is 18.2 Å². The molecule has 3 atom stereocenters. The van der Waals surface area contributed by atoms with Crippen LogP contribution in [0, 0.1) is 0 Å². The van der Waals surface area contributed by atoms with Crippen molar-refractivity contribution < 1.29 is 24.5 Å². The van der Waals surface area contributed by atoms with Crippen LogP contribution in [0.1, 0.15) is 297 Å². The Balaban J connectivity index is 4.60. The highest BCUT2D eigenvalue weighted by molar-refractivity contribution is 5.77. The van der Waals surface area contributed by atoms with Crippen LogP contribution in [-0.4, -0.2) is 46.9 Å². The van der Waals surface area contributed by atoms with Crippen molar-refractivity contribution in [3.8, 4) is 0 Å². The van der Waals surface area contributed by atoms with Gasteiger partial charge in [-0.2, -0.15) is 0 Å². The third kappa shape index (κ3) is 48.3. The van der Waals surface area contributed by atoms with E-state index in [-0.39, 0.29) is 24.9 Å². The highest BCUT2D eigenvalue weighted by atomic mass is 16.5. The predicted octanol–water partition coefficient (Wildman–Crippen LogP) is 17.8. The maximum absolute atomic E-state index is 13.3. The number of esters is 1. The van der Waals surface area contributed by atoms with E-state index in [4.69, 9.17) is 4.74 Å². The fraction of sp³-hybridized carbons (Fsp3) is 0.833. The number of rotatable bonds is 52. The smallest absolute Gasteiger partial charge is 0.306 e. The molecule has 0 heterocycles. The minimum Gasteiger partial charge on any atom is -0.462 e. The molecule has 0 aliphatic carbocycles. The third-order valence-corrected chi connectivity index (χ3v) is 13.2. The second-order valence-electron chi connectivity index (χ2n) is 19.7. The summed E-state index contributed by atoms with van der Waals surface area (Å²) < 4.78 is 5.93. The third-order valence-electron chi connectivity index (χ3n) is 13.2. The highest BCUT2D eigenvalue weighted by Gasteiger charge is 2.24. The average molecular weight is 927 g/mol. The molecule has 0 spiro atoms. The van der Waals surface area contributed by atoms with E-state index in [1.54, 1.807) is 0 Å². The molecule has 3 unspecified atom stereocenters. The van der Waals surface area contributed by atoms with Crippen molar-refractivity contribution in [2.24, 2.45) is 0 Å². The second kappa shape index (κ2) is 53.8. The van der Waals surface area contributed by atoms with Gasteiger partial charge in [-0.3, -0.25) is 9.59 Å². The molecule has 0 aromatic carbocycles. The lowest BCUT2D eigenvalue weighted by Crippen LogP contribution is -2.46. The summed E-state index contributed by atoms with van der Waals surface area (Å²) in [5.41, 5.74) is 0. The normalized spacial score (nSPS) is 13.5. The monoisotopic (exact) mass is 926 g/mol. The summed E-state index contributed by atoms with van der Waals surface area (Å²) in [4.78, 5) is 26.2. The first kappa shape index (κ1) is 63.8. The summed E-state index contributed by atoms with van der Waals surface area (Å²) in [7, 11) is 0. The van der Waals surface area contributed by atoms with Gasteiger partial charge in [0.2, 0.25) is 5.91 Å². The van der Waals surface area contributed by atoms with Gasteiger partial charge in [-0.1, -0.05) is 256 Å². The van der Waals surface area contributed by atoms with Gasteiger partial charge in [0.15, 0.2) is 0 Å². The van der Waals surface area contributed by atoms with Crippen LogP contribution in [0.15, 0.2) is 48.6 Å². The van der Waals surface area contributed by atoms with Gasteiger partial charge in [-0.15, -0.1) is 0 Å². The summed E-state index contributed by atoms with van der Waals surface area (Å²) in [6.45, 7) is 6.48. The number of aliphatic hydroxyl groups is 2. The van der Waals surface area contributed by atoms with Crippen LogP contribution in [0.5, 0.6) is 0 Å². The van der Waals surface area contributed by atoms with Gasteiger partial charge in [0, 0.05) is 6.42 Å². The molecule has 0 radical (unpaired) electrons. The first-order valence-electron chi connectivity index (χ1n) is 28.9. The van der Waals surface area contributed by atoms with E-state index in [9.17, 15) is 19.8 Å². The van der Waals surface area contributed by atoms with Crippen molar-refractivity contribution >= 4 is 11.9 Å². The number of allylic oxidation sites excluding steroid dienone is 8. The topological polar surface area (TPSA) is 95.9 Å². The van der Waals surface area contributed by atoms with Crippen LogP contribution in [0.4, 0.5) is 0 Å². The second-order valence-corrected chi connectivity index (χ2v) is 19.7. The Kier molecular flexibility index (Phi) is 52.0. The molecule has 0 aliphatic rings. The fourth-order valence-corrected chi connectivity index (χ4v) is 8.78. The summed E-state index contributed by atoms with van der Waals surface area (Å²) in [5.74, 6) is -0.517. The number of hydrogen-bond donors (Lipinski definition) is 3. The molecule has 0 aromatic rings. The Bertz CT molecular complexity index is 1130. The SMILES string of the molecule is CCCCCCC/C=C/C=C/C=C/CCCCCC(CC(=O)NC(CO)C(O)CCCCCCCCCCCCCCCCCCC)OC(=O)CCCCC/C=C\CCCCCCCCC. The van der Waals surface area contributed by atoms with E-state index >= 15 is 0 Å². The van der Waals surface area contributed by atoms with Crippen molar-refractivity contribution in [2.45, 2.75) is 315 Å². The zero-order valence-electron chi connectivity index (χ0n) is 44.1. The molecular weight excluding hydrogens is 815 g/mol. The maximum atomic E-state index is 13.3. The highest BCUT2D eigenvalue weighted by Crippen LogP contribution is 2.18. The minimum atomic E-state index is -0.800. The van der Waals surface area contributed by atoms with E-state index in [1.165, 1.54) is 167 Å². The van der Waals surface area contributed by atoms with Gasteiger partial charge in [0.05, 0.1) is 25.2 Å². The Morgan fingerprint density at radius 2 is 0.788 bits per heavy atom. The number of carbonyl (C=O) groups excluding carboxylic acids is 2.